The van der Waals surface area contributed by atoms with Crippen molar-refractivity contribution >= 4 is 11.6 Å². The molecule has 0 spiro atoms. The first-order valence-corrected chi connectivity index (χ1v) is 7.14. The largest absolute Gasteiger partial charge is 0.329 e. The summed E-state index contributed by atoms with van der Waals surface area (Å²) in [4.78, 5) is 12.4. The maximum atomic E-state index is 13.6. The molecule has 1 fully saturated rings. The molecule has 0 unspecified atom stereocenters. The average Bonchev–Trinajstić information content (AvgIpc) is 2.70. The molecule has 0 atom stereocenters. The molecule has 0 aliphatic heterocycles. The highest BCUT2D eigenvalue weighted by atomic mass is 19.2. The summed E-state index contributed by atoms with van der Waals surface area (Å²) in [6.07, 6.45) is 4.99. The molecule has 3 nitrogen and oxygen atoms in total. The van der Waals surface area contributed by atoms with Crippen LogP contribution in [0.5, 0.6) is 0 Å². The smallest absolute Gasteiger partial charge is 0.231 e. The number of carbonyl (C=O) groups excluding carboxylic acids is 1. The fraction of sp³-hybridized carbons (Fsp3) is 0.533. The lowest BCUT2D eigenvalue weighted by atomic mass is 9.79. The summed E-state index contributed by atoms with van der Waals surface area (Å²) in [5.41, 5.74) is 4.49. The van der Waals surface area contributed by atoms with E-state index >= 15 is 0 Å². The molecule has 1 aliphatic rings. The quantitative estimate of drug-likeness (QED) is 0.664. The van der Waals surface area contributed by atoms with E-state index in [1.165, 1.54) is 0 Å². The predicted octanol–water partition coefficient (Wildman–Crippen LogP) is 3.34. The summed E-state index contributed by atoms with van der Waals surface area (Å²) < 4.78 is 40.0. The zero-order valence-electron chi connectivity index (χ0n) is 11.7. The number of carbonyl (C=O) groups is 1. The van der Waals surface area contributed by atoms with Crippen molar-refractivity contribution in [2.45, 2.75) is 38.5 Å². The van der Waals surface area contributed by atoms with Crippen LogP contribution in [0.1, 0.15) is 38.5 Å². The fourth-order valence-electron chi connectivity index (χ4n) is 2.83. The first-order valence-electron chi connectivity index (χ1n) is 7.14. The van der Waals surface area contributed by atoms with E-state index in [1.807, 2.05) is 0 Å². The Labute approximate surface area is 121 Å². The molecule has 6 heteroatoms. The Morgan fingerprint density at radius 3 is 2.33 bits per heavy atom. The van der Waals surface area contributed by atoms with Crippen LogP contribution in [0.2, 0.25) is 0 Å². The minimum Gasteiger partial charge on any atom is -0.329 e. The molecule has 0 bridgehead atoms. The highest BCUT2D eigenvalue weighted by Gasteiger charge is 2.37. The van der Waals surface area contributed by atoms with E-state index in [0.29, 0.717) is 18.9 Å². The Morgan fingerprint density at radius 2 is 1.76 bits per heavy atom. The van der Waals surface area contributed by atoms with Crippen LogP contribution in [0, 0.1) is 22.9 Å². The second-order valence-electron chi connectivity index (χ2n) is 5.60. The van der Waals surface area contributed by atoms with E-state index in [1.54, 1.807) is 0 Å². The van der Waals surface area contributed by atoms with Gasteiger partial charge in [-0.25, -0.2) is 13.2 Å². The van der Waals surface area contributed by atoms with Crippen molar-refractivity contribution in [3.63, 3.8) is 0 Å². The third kappa shape index (κ3) is 3.37. The number of hydrogen-bond acceptors (Lipinski definition) is 2. The fourth-order valence-corrected chi connectivity index (χ4v) is 2.83. The van der Waals surface area contributed by atoms with Gasteiger partial charge in [0.15, 0.2) is 11.6 Å². The highest BCUT2D eigenvalue weighted by molar-refractivity contribution is 5.95. The number of anilines is 1. The van der Waals surface area contributed by atoms with E-state index in [0.717, 1.165) is 31.7 Å². The molecule has 0 heterocycles. The minimum absolute atomic E-state index is 0.137. The van der Waals surface area contributed by atoms with E-state index in [9.17, 15) is 18.0 Å². The van der Waals surface area contributed by atoms with Gasteiger partial charge in [-0.2, -0.15) is 0 Å². The van der Waals surface area contributed by atoms with E-state index in [-0.39, 0.29) is 6.54 Å². The zero-order chi connectivity index (χ0) is 15.5. The second-order valence-corrected chi connectivity index (χ2v) is 5.60. The van der Waals surface area contributed by atoms with Crippen molar-refractivity contribution in [2.24, 2.45) is 11.1 Å². The Hall–Kier alpha value is -1.56. The van der Waals surface area contributed by atoms with Crippen LogP contribution >= 0.6 is 0 Å². The Kier molecular flexibility index (Phi) is 4.88. The summed E-state index contributed by atoms with van der Waals surface area (Å²) in [6, 6.07) is 1.21. The number of halogens is 3. The van der Waals surface area contributed by atoms with Gasteiger partial charge in [-0.05, 0) is 12.8 Å². The van der Waals surface area contributed by atoms with Gasteiger partial charge in [-0.1, -0.05) is 25.7 Å². The summed E-state index contributed by atoms with van der Waals surface area (Å²) >= 11 is 0. The van der Waals surface area contributed by atoms with Gasteiger partial charge in [0.05, 0.1) is 11.1 Å². The maximum absolute atomic E-state index is 13.6. The van der Waals surface area contributed by atoms with Gasteiger partial charge in [0.25, 0.3) is 0 Å². The number of nitrogens with one attached hydrogen (secondary N) is 1. The average molecular weight is 300 g/mol. The first-order chi connectivity index (χ1) is 9.98. The number of hydrogen-bond donors (Lipinski definition) is 2. The monoisotopic (exact) mass is 300 g/mol. The van der Waals surface area contributed by atoms with Gasteiger partial charge < -0.3 is 11.1 Å². The van der Waals surface area contributed by atoms with Crippen molar-refractivity contribution in [2.75, 3.05) is 11.9 Å². The molecule has 1 aliphatic carbocycles. The first kappa shape index (κ1) is 15.8. The van der Waals surface area contributed by atoms with Crippen LogP contribution < -0.4 is 11.1 Å². The summed E-state index contributed by atoms with van der Waals surface area (Å²) in [5.74, 6) is -3.99. The molecule has 1 aromatic carbocycles. The number of nitrogens with two attached hydrogens (primary N) is 1. The molecule has 2 rings (SSSR count). The van der Waals surface area contributed by atoms with Crippen molar-refractivity contribution in [3.8, 4) is 0 Å². The Morgan fingerprint density at radius 1 is 1.14 bits per heavy atom. The molecule has 3 N–H and O–H groups in total. The molecule has 1 aromatic rings. The standard InChI is InChI=1S/C15H19F3N2O/c16-10-7-11(17)13(18)12(8-10)20-14(21)15(9-19)5-3-1-2-4-6-15/h7-8H,1-6,9,19H2,(H,20,21). The Balaban J connectivity index is 2.23. The van der Waals surface area contributed by atoms with Crippen LogP contribution in [0.15, 0.2) is 12.1 Å². The second kappa shape index (κ2) is 6.47. The van der Waals surface area contributed by atoms with Crippen molar-refractivity contribution in [1.82, 2.24) is 0 Å². The van der Waals surface area contributed by atoms with Crippen LogP contribution in [0.4, 0.5) is 18.9 Å². The molecule has 1 amide bonds. The van der Waals surface area contributed by atoms with Gasteiger partial charge in [0, 0.05) is 18.7 Å². The lowest BCUT2D eigenvalue weighted by Crippen LogP contribution is -2.42. The molecular formula is C15H19F3N2O. The summed E-state index contributed by atoms with van der Waals surface area (Å²) in [7, 11) is 0. The van der Waals surface area contributed by atoms with Crippen LogP contribution in [0.3, 0.4) is 0 Å². The van der Waals surface area contributed by atoms with Gasteiger partial charge in [0.2, 0.25) is 5.91 Å². The van der Waals surface area contributed by atoms with Crippen LogP contribution in [0.25, 0.3) is 0 Å². The Bertz CT molecular complexity index is 526. The molecule has 116 valence electrons. The van der Waals surface area contributed by atoms with Crippen molar-refractivity contribution < 1.29 is 18.0 Å². The lowest BCUT2D eigenvalue weighted by Gasteiger charge is -2.29. The SMILES string of the molecule is NCC1(C(=O)Nc2cc(F)cc(F)c2F)CCCCCC1. The molecular weight excluding hydrogens is 281 g/mol. The molecule has 0 radical (unpaired) electrons. The minimum atomic E-state index is -1.33. The van der Waals surface area contributed by atoms with Gasteiger partial charge in [0.1, 0.15) is 5.82 Å². The normalized spacial score (nSPS) is 18.1. The number of benzene rings is 1. The van der Waals surface area contributed by atoms with Gasteiger partial charge in [-0.3, -0.25) is 4.79 Å². The maximum Gasteiger partial charge on any atom is 0.231 e. The van der Waals surface area contributed by atoms with Gasteiger partial charge in [-0.15, -0.1) is 0 Å². The van der Waals surface area contributed by atoms with Crippen LogP contribution in [-0.4, -0.2) is 12.5 Å². The predicted molar refractivity (Wildman–Crippen MR) is 74.1 cm³/mol. The zero-order valence-corrected chi connectivity index (χ0v) is 11.7. The van der Waals surface area contributed by atoms with Gasteiger partial charge >= 0.3 is 0 Å². The van der Waals surface area contributed by atoms with Crippen LogP contribution in [-0.2, 0) is 4.79 Å². The third-order valence-electron chi connectivity index (χ3n) is 4.17. The van der Waals surface area contributed by atoms with Crippen molar-refractivity contribution in [1.29, 1.82) is 0 Å². The van der Waals surface area contributed by atoms with Crippen molar-refractivity contribution in [3.05, 3.63) is 29.6 Å². The number of rotatable bonds is 3. The lowest BCUT2D eigenvalue weighted by molar-refractivity contribution is -0.125. The molecule has 21 heavy (non-hydrogen) atoms. The van der Waals surface area contributed by atoms with E-state index in [4.69, 9.17) is 5.73 Å². The number of amides is 1. The highest BCUT2D eigenvalue weighted by Crippen LogP contribution is 2.35. The summed E-state index contributed by atoms with van der Waals surface area (Å²) in [6.45, 7) is 0.137. The molecule has 0 saturated heterocycles. The molecule has 0 aromatic heterocycles. The van der Waals surface area contributed by atoms with E-state index < -0.39 is 34.5 Å². The molecule has 1 saturated carbocycles. The van der Waals surface area contributed by atoms with E-state index in [2.05, 4.69) is 5.32 Å². The third-order valence-corrected chi connectivity index (χ3v) is 4.17. The summed E-state index contributed by atoms with van der Waals surface area (Å²) in [5, 5.41) is 2.31. The topological polar surface area (TPSA) is 55.1 Å².